The van der Waals surface area contributed by atoms with Crippen molar-refractivity contribution in [2.24, 2.45) is 11.8 Å². The Morgan fingerprint density at radius 3 is 2.50 bits per heavy atom. The lowest BCUT2D eigenvalue weighted by Gasteiger charge is -2.29. The Morgan fingerprint density at radius 2 is 1.86 bits per heavy atom. The van der Waals surface area contributed by atoms with Crippen LogP contribution in [0, 0.1) is 11.8 Å². The van der Waals surface area contributed by atoms with Crippen LogP contribution in [0.3, 0.4) is 0 Å². The number of carboxylic acids is 2. The van der Waals surface area contributed by atoms with E-state index in [0.717, 1.165) is 24.1 Å². The van der Waals surface area contributed by atoms with Crippen LogP contribution in [0.25, 0.3) is 0 Å². The third kappa shape index (κ3) is 7.11. The van der Waals surface area contributed by atoms with E-state index in [0.29, 0.717) is 18.7 Å². The van der Waals surface area contributed by atoms with E-state index in [2.05, 4.69) is 19.8 Å². The molecule has 10 nitrogen and oxygen atoms in total. The first-order valence-electron chi connectivity index (χ1n) is 6.33. The zero-order valence-corrected chi connectivity index (χ0v) is 13.0. The van der Waals surface area contributed by atoms with Gasteiger partial charge >= 0.3 is 11.9 Å². The summed E-state index contributed by atoms with van der Waals surface area (Å²) in [5, 5.41) is 29.2. The number of nitrogens with one attached hydrogen (secondary N) is 1. The highest BCUT2D eigenvalue weighted by atomic mass is 32.2. The van der Waals surface area contributed by atoms with Gasteiger partial charge in [-0.1, -0.05) is 5.04 Å². The summed E-state index contributed by atoms with van der Waals surface area (Å²) < 4.78 is 8.96. The zero-order chi connectivity index (χ0) is 16.4. The largest absolute Gasteiger partial charge is 0.481 e. The van der Waals surface area contributed by atoms with Crippen molar-refractivity contribution in [1.82, 2.24) is 5.48 Å². The van der Waals surface area contributed by atoms with E-state index in [1.54, 1.807) is 0 Å². The number of hydrogen-bond acceptors (Lipinski definition) is 10. The second kappa shape index (κ2) is 11.0. The van der Waals surface area contributed by atoms with Crippen molar-refractivity contribution in [2.75, 3.05) is 12.3 Å². The van der Waals surface area contributed by atoms with Crippen molar-refractivity contribution in [3.63, 3.8) is 0 Å². The Labute approximate surface area is 134 Å². The molecule has 0 heterocycles. The fraction of sp³-hybridized carbons (Fsp3) is 0.800. The molecule has 4 N–H and O–H groups in total. The first-order chi connectivity index (χ1) is 10.6. The summed E-state index contributed by atoms with van der Waals surface area (Å²) in [5.41, 5.74) is 2.45. The SMILES string of the molecule is O=C(O)C1CCC(SOONCCSOOO)CC1C(=O)O. The van der Waals surface area contributed by atoms with Gasteiger partial charge < -0.3 is 10.2 Å². The number of hydroxylamine groups is 1. The minimum atomic E-state index is -1.11. The molecule has 1 aliphatic rings. The summed E-state index contributed by atoms with van der Waals surface area (Å²) in [6.07, 6.45) is 1.03. The van der Waals surface area contributed by atoms with Gasteiger partial charge in [-0.3, -0.25) is 9.59 Å². The topological polar surface area (TPSA) is 144 Å². The second-order valence-corrected chi connectivity index (χ2v) is 6.21. The van der Waals surface area contributed by atoms with Crippen molar-refractivity contribution < 1.29 is 43.8 Å². The van der Waals surface area contributed by atoms with Crippen LogP contribution < -0.4 is 5.48 Å². The molecular weight excluding hydrogens is 342 g/mol. The molecule has 128 valence electrons. The van der Waals surface area contributed by atoms with E-state index in [-0.39, 0.29) is 18.1 Å². The van der Waals surface area contributed by atoms with Crippen molar-refractivity contribution >= 4 is 36.0 Å². The van der Waals surface area contributed by atoms with Gasteiger partial charge in [-0.25, -0.2) is 5.26 Å². The molecule has 0 amide bonds. The monoisotopic (exact) mass is 359 g/mol. The van der Waals surface area contributed by atoms with Crippen LogP contribution in [-0.2, 0) is 28.3 Å². The van der Waals surface area contributed by atoms with Gasteiger partial charge in [0.15, 0.2) is 0 Å². The predicted octanol–water partition coefficient (Wildman–Crippen LogP) is 1.11. The fourth-order valence-corrected chi connectivity index (χ4v) is 3.06. The lowest BCUT2D eigenvalue weighted by molar-refractivity contribution is -0.432. The highest BCUT2D eigenvalue weighted by Gasteiger charge is 2.40. The van der Waals surface area contributed by atoms with Gasteiger partial charge in [-0.15, -0.1) is 13.7 Å². The molecule has 0 aromatic heterocycles. The third-order valence-electron chi connectivity index (χ3n) is 3.07. The van der Waals surface area contributed by atoms with Gasteiger partial charge in [0.2, 0.25) is 0 Å². The summed E-state index contributed by atoms with van der Waals surface area (Å²) in [5.74, 6) is -3.56. The molecule has 0 bridgehead atoms. The standard InChI is InChI=1S/C10H17NO9S2/c12-9(13)7-2-1-6(5-8(7)10(14)15)22-19-17-11-3-4-21-20-18-16/h6-8,11,16H,1-5H2,(H,12,13)(H,14,15). The Balaban J connectivity index is 2.17. The van der Waals surface area contributed by atoms with Crippen LogP contribution in [0.15, 0.2) is 0 Å². The maximum absolute atomic E-state index is 11.1. The third-order valence-corrected chi connectivity index (χ3v) is 4.45. The maximum atomic E-state index is 11.1. The van der Waals surface area contributed by atoms with Crippen LogP contribution in [-0.4, -0.2) is 45.0 Å². The number of rotatable bonds is 11. The molecule has 1 saturated carbocycles. The van der Waals surface area contributed by atoms with Crippen LogP contribution in [0.2, 0.25) is 0 Å². The van der Waals surface area contributed by atoms with Crippen molar-refractivity contribution in [3.8, 4) is 0 Å². The first-order valence-corrected chi connectivity index (χ1v) is 8.05. The van der Waals surface area contributed by atoms with Crippen molar-refractivity contribution in [1.29, 1.82) is 0 Å². The quantitative estimate of drug-likeness (QED) is 0.181. The van der Waals surface area contributed by atoms with E-state index in [9.17, 15) is 9.59 Å². The van der Waals surface area contributed by atoms with Gasteiger partial charge in [-0.05, 0) is 19.3 Å². The number of hydrogen-bond donors (Lipinski definition) is 4. The van der Waals surface area contributed by atoms with E-state index in [1.165, 1.54) is 0 Å². The molecule has 22 heavy (non-hydrogen) atoms. The van der Waals surface area contributed by atoms with E-state index in [1.807, 2.05) is 0 Å². The average molecular weight is 359 g/mol. The Hall–Kier alpha value is -0.600. The van der Waals surface area contributed by atoms with E-state index in [4.69, 9.17) is 19.8 Å². The minimum Gasteiger partial charge on any atom is -0.481 e. The highest BCUT2D eigenvalue weighted by molar-refractivity contribution is 7.95. The van der Waals surface area contributed by atoms with Crippen LogP contribution in [0.5, 0.6) is 0 Å². The zero-order valence-electron chi connectivity index (χ0n) is 11.4. The molecular formula is C10H17NO9S2. The molecule has 3 unspecified atom stereocenters. The summed E-state index contributed by atoms with van der Waals surface area (Å²) in [6.45, 7) is 0.345. The molecule has 1 fully saturated rings. The number of carboxylic acid groups (broad SMARTS) is 2. The molecule has 12 heteroatoms. The highest BCUT2D eigenvalue weighted by Crippen LogP contribution is 2.36. The van der Waals surface area contributed by atoms with Gasteiger partial charge in [0.1, 0.15) is 0 Å². The summed E-state index contributed by atoms with van der Waals surface area (Å²) in [4.78, 5) is 26.8. The molecule has 1 aliphatic carbocycles. The van der Waals surface area contributed by atoms with Crippen molar-refractivity contribution in [3.05, 3.63) is 0 Å². The van der Waals surface area contributed by atoms with Crippen molar-refractivity contribution in [2.45, 2.75) is 24.5 Å². The lowest BCUT2D eigenvalue weighted by atomic mass is 9.79. The molecule has 0 radical (unpaired) electrons. The Kier molecular flexibility index (Phi) is 9.74. The maximum Gasteiger partial charge on any atom is 0.307 e. The van der Waals surface area contributed by atoms with Crippen LogP contribution in [0.1, 0.15) is 19.3 Å². The number of aliphatic carboxylic acids is 2. The van der Waals surface area contributed by atoms with Gasteiger partial charge in [-0.2, -0.15) is 5.48 Å². The summed E-state index contributed by atoms with van der Waals surface area (Å²) in [7, 11) is 0. The van der Waals surface area contributed by atoms with Crippen LogP contribution >= 0.6 is 24.1 Å². The molecule has 0 spiro atoms. The lowest BCUT2D eigenvalue weighted by Crippen LogP contribution is -2.36. The average Bonchev–Trinajstić information content (AvgIpc) is 2.49. The molecule has 3 atom stereocenters. The molecule has 1 rings (SSSR count). The van der Waals surface area contributed by atoms with Crippen LogP contribution in [0.4, 0.5) is 0 Å². The minimum absolute atomic E-state index is 0.154. The van der Waals surface area contributed by atoms with Gasteiger partial charge in [0.05, 0.1) is 11.8 Å². The molecule has 0 saturated heterocycles. The first kappa shape index (κ1) is 19.4. The number of carbonyl (C=O) groups is 2. The normalized spacial score (nSPS) is 25.0. The summed E-state index contributed by atoms with van der Waals surface area (Å²) in [6, 6.07) is 0. The Bertz CT molecular complexity index is 359. The smallest absolute Gasteiger partial charge is 0.307 e. The Morgan fingerprint density at radius 1 is 1.14 bits per heavy atom. The van der Waals surface area contributed by atoms with Gasteiger partial charge in [0.25, 0.3) is 0 Å². The molecule has 0 aromatic carbocycles. The van der Waals surface area contributed by atoms with E-state index < -0.39 is 23.8 Å². The fourth-order valence-electron chi connectivity index (χ4n) is 2.07. The van der Waals surface area contributed by atoms with Gasteiger partial charge in [0, 0.05) is 41.6 Å². The molecule has 0 aliphatic heterocycles. The van der Waals surface area contributed by atoms with E-state index >= 15 is 0 Å². The molecule has 0 aromatic rings. The summed E-state index contributed by atoms with van der Waals surface area (Å²) >= 11 is 1.80. The predicted molar refractivity (Wildman–Crippen MR) is 74.9 cm³/mol. The second-order valence-electron chi connectivity index (χ2n) is 4.43.